The second-order valence-corrected chi connectivity index (χ2v) is 7.41. The third-order valence-electron chi connectivity index (χ3n) is 5.61. The summed E-state index contributed by atoms with van der Waals surface area (Å²) in [6.45, 7) is 6.06. The quantitative estimate of drug-likeness (QED) is 0.419. The van der Waals surface area contributed by atoms with E-state index in [0.717, 1.165) is 10.5 Å². The van der Waals surface area contributed by atoms with E-state index in [-0.39, 0.29) is 12.5 Å². The Bertz CT molecular complexity index is 1040. The summed E-state index contributed by atoms with van der Waals surface area (Å²) in [6, 6.07) is 10.6. The van der Waals surface area contributed by atoms with Gasteiger partial charge < -0.3 is 14.4 Å². The van der Waals surface area contributed by atoms with E-state index in [1.54, 1.807) is 62.4 Å². The molecule has 0 spiro atoms. The Morgan fingerprint density at radius 2 is 1.63 bits per heavy atom. The highest BCUT2D eigenvalue weighted by molar-refractivity contribution is 6.23. The zero-order valence-corrected chi connectivity index (χ0v) is 17.0. The Balaban J connectivity index is 1.62. The van der Waals surface area contributed by atoms with Gasteiger partial charge in [-0.15, -0.1) is 0 Å². The fourth-order valence-corrected chi connectivity index (χ4v) is 4.12. The van der Waals surface area contributed by atoms with Crippen molar-refractivity contribution in [3.05, 3.63) is 71.3 Å². The molecule has 154 valence electrons. The Labute approximate surface area is 174 Å². The molecular weight excluding hydrogens is 384 g/mol. The molecule has 0 bridgehead atoms. The number of likely N-dealkylation sites (tertiary alicyclic amines) is 1. The maximum absolute atomic E-state index is 13.1. The average Bonchev–Trinajstić information content (AvgIpc) is 3.00. The van der Waals surface area contributed by atoms with Crippen LogP contribution in [0.2, 0.25) is 0 Å². The highest BCUT2D eigenvalue weighted by Gasteiger charge is 2.56. The number of β-lactam (4-membered cyclic amide) rings is 1. The van der Waals surface area contributed by atoms with Gasteiger partial charge in [-0.1, -0.05) is 24.3 Å². The van der Waals surface area contributed by atoms with Crippen molar-refractivity contribution >= 4 is 17.7 Å². The zero-order valence-electron chi connectivity index (χ0n) is 17.0. The summed E-state index contributed by atoms with van der Waals surface area (Å²) >= 11 is 0. The second kappa shape index (κ2) is 7.33. The monoisotopic (exact) mass is 406 g/mol. The molecule has 1 saturated heterocycles. The van der Waals surface area contributed by atoms with Crippen LogP contribution >= 0.6 is 0 Å². The molecule has 4 rings (SSSR count). The number of ether oxygens (including phenoxy) is 2. The smallest absolute Gasteiger partial charge is 0.262 e. The summed E-state index contributed by atoms with van der Waals surface area (Å²) in [6.07, 6.45) is 0. The van der Waals surface area contributed by atoms with Gasteiger partial charge in [-0.3, -0.25) is 19.3 Å². The predicted octanol–water partition coefficient (Wildman–Crippen LogP) is 2.66. The van der Waals surface area contributed by atoms with Crippen LogP contribution in [0.4, 0.5) is 0 Å². The molecule has 0 radical (unpaired) electrons. The SMILES string of the molecule is C=C(C)[C@@H]1[C@H](N2C(=O)c3ccccc3C2=O)C(=O)N1Cc1ccc(OC)cc1OC. The largest absolute Gasteiger partial charge is 0.497 e. The van der Waals surface area contributed by atoms with Gasteiger partial charge in [0.25, 0.3) is 11.8 Å². The summed E-state index contributed by atoms with van der Waals surface area (Å²) in [5.41, 5.74) is 2.14. The number of carbonyl (C=O) groups is 3. The minimum atomic E-state index is -0.890. The highest BCUT2D eigenvalue weighted by Crippen LogP contribution is 2.37. The second-order valence-electron chi connectivity index (χ2n) is 7.41. The van der Waals surface area contributed by atoms with Crippen molar-refractivity contribution in [3.8, 4) is 11.5 Å². The maximum Gasteiger partial charge on any atom is 0.262 e. The van der Waals surface area contributed by atoms with E-state index < -0.39 is 23.9 Å². The maximum atomic E-state index is 13.1. The van der Waals surface area contributed by atoms with Crippen molar-refractivity contribution in [3.63, 3.8) is 0 Å². The molecule has 7 heteroatoms. The average molecular weight is 406 g/mol. The molecule has 0 saturated carbocycles. The van der Waals surface area contributed by atoms with E-state index in [1.165, 1.54) is 0 Å². The highest BCUT2D eigenvalue weighted by atomic mass is 16.5. The lowest BCUT2D eigenvalue weighted by Crippen LogP contribution is -2.71. The van der Waals surface area contributed by atoms with Gasteiger partial charge in [0.05, 0.1) is 37.9 Å². The Kier molecular flexibility index (Phi) is 4.81. The number of carbonyl (C=O) groups excluding carboxylic acids is 3. The molecule has 2 aliphatic rings. The predicted molar refractivity (Wildman–Crippen MR) is 109 cm³/mol. The van der Waals surface area contributed by atoms with Crippen LogP contribution in [0.25, 0.3) is 0 Å². The van der Waals surface area contributed by atoms with Crippen molar-refractivity contribution in [2.45, 2.75) is 25.6 Å². The van der Waals surface area contributed by atoms with Gasteiger partial charge >= 0.3 is 0 Å². The van der Waals surface area contributed by atoms with E-state index in [4.69, 9.17) is 9.47 Å². The molecule has 7 nitrogen and oxygen atoms in total. The van der Waals surface area contributed by atoms with Crippen molar-refractivity contribution < 1.29 is 23.9 Å². The topological polar surface area (TPSA) is 76.2 Å². The van der Waals surface area contributed by atoms with Gasteiger partial charge in [-0.05, 0) is 31.2 Å². The summed E-state index contributed by atoms with van der Waals surface area (Å²) in [5.74, 6) is 0.0526. The summed E-state index contributed by atoms with van der Waals surface area (Å²) in [4.78, 5) is 41.5. The molecule has 1 fully saturated rings. The van der Waals surface area contributed by atoms with E-state index in [1.807, 2.05) is 6.07 Å². The van der Waals surface area contributed by atoms with Crippen molar-refractivity contribution in [2.24, 2.45) is 0 Å². The lowest BCUT2D eigenvalue weighted by atomic mass is 9.87. The molecule has 2 heterocycles. The number of hydrogen-bond acceptors (Lipinski definition) is 5. The Morgan fingerprint density at radius 1 is 1.00 bits per heavy atom. The van der Waals surface area contributed by atoms with Crippen LogP contribution in [0.5, 0.6) is 11.5 Å². The van der Waals surface area contributed by atoms with Crippen LogP contribution in [0.1, 0.15) is 33.2 Å². The minimum absolute atomic E-state index is 0.267. The molecule has 2 aromatic carbocycles. The summed E-state index contributed by atoms with van der Waals surface area (Å²) < 4.78 is 10.7. The first-order chi connectivity index (χ1) is 14.4. The number of imide groups is 1. The first-order valence-electron chi connectivity index (χ1n) is 9.52. The van der Waals surface area contributed by atoms with Crippen molar-refractivity contribution in [2.75, 3.05) is 14.2 Å². The molecule has 2 aromatic rings. The van der Waals surface area contributed by atoms with E-state index in [0.29, 0.717) is 28.2 Å². The van der Waals surface area contributed by atoms with Crippen molar-refractivity contribution in [1.82, 2.24) is 9.80 Å². The molecule has 30 heavy (non-hydrogen) atoms. The number of benzene rings is 2. The zero-order chi connectivity index (χ0) is 21.6. The normalized spacial score (nSPS) is 20.2. The van der Waals surface area contributed by atoms with Crippen molar-refractivity contribution in [1.29, 1.82) is 0 Å². The number of fused-ring (bicyclic) bond motifs is 1. The van der Waals surface area contributed by atoms with E-state index in [2.05, 4.69) is 6.58 Å². The lowest BCUT2D eigenvalue weighted by molar-refractivity contribution is -0.154. The third kappa shape index (κ3) is 2.85. The molecule has 3 amide bonds. The summed E-state index contributed by atoms with van der Waals surface area (Å²) in [7, 11) is 3.12. The molecule has 0 aromatic heterocycles. The standard InChI is InChI=1S/C23H22N2O5/c1-13(2)19-20(25-21(26)16-7-5-6-8-17(16)22(25)27)23(28)24(19)12-14-9-10-15(29-3)11-18(14)30-4/h5-11,19-20H,1,12H2,2-4H3/t19-,20+/m1/s1. The van der Waals surface area contributed by atoms with Crippen LogP contribution in [-0.4, -0.2) is 53.8 Å². The van der Waals surface area contributed by atoms with Gasteiger partial charge in [0.15, 0.2) is 0 Å². The summed E-state index contributed by atoms with van der Waals surface area (Å²) in [5, 5.41) is 0. The number of methoxy groups -OCH3 is 2. The van der Waals surface area contributed by atoms with Gasteiger partial charge in [0.2, 0.25) is 5.91 Å². The van der Waals surface area contributed by atoms with E-state index >= 15 is 0 Å². The van der Waals surface area contributed by atoms with Gasteiger partial charge in [-0.25, -0.2) is 0 Å². The fraction of sp³-hybridized carbons (Fsp3) is 0.261. The molecule has 0 unspecified atom stereocenters. The molecule has 2 atom stereocenters. The van der Waals surface area contributed by atoms with Crippen LogP contribution < -0.4 is 9.47 Å². The van der Waals surface area contributed by atoms with E-state index in [9.17, 15) is 14.4 Å². The molecule has 2 aliphatic heterocycles. The number of amides is 3. The number of hydrogen-bond donors (Lipinski definition) is 0. The van der Waals surface area contributed by atoms with Crippen LogP contribution in [0.15, 0.2) is 54.6 Å². The molecular formula is C23H22N2O5. The number of rotatable bonds is 6. The first-order valence-corrected chi connectivity index (χ1v) is 9.52. The number of nitrogens with zero attached hydrogens (tertiary/aromatic N) is 2. The molecule has 0 aliphatic carbocycles. The van der Waals surface area contributed by atoms with Crippen LogP contribution in [-0.2, 0) is 11.3 Å². The first kappa shape index (κ1) is 19.7. The Hall–Kier alpha value is -3.61. The molecule has 0 N–H and O–H groups in total. The van der Waals surface area contributed by atoms with Gasteiger partial charge in [0.1, 0.15) is 17.5 Å². The lowest BCUT2D eigenvalue weighted by Gasteiger charge is -2.50. The van der Waals surface area contributed by atoms with Gasteiger partial charge in [-0.2, -0.15) is 0 Å². The fourth-order valence-electron chi connectivity index (χ4n) is 4.12. The Morgan fingerprint density at radius 3 is 2.17 bits per heavy atom. The minimum Gasteiger partial charge on any atom is -0.497 e. The van der Waals surface area contributed by atoms with Gasteiger partial charge in [0, 0.05) is 11.6 Å². The van der Waals surface area contributed by atoms with Crippen LogP contribution in [0.3, 0.4) is 0 Å². The third-order valence-corrected chi connectivity index (χ3v) is 5.61. The van der Waals surface area contributed by atoms with Crippen LogP contribution in [0, 0.1) is 0 Å².